The minimum atomic E-state index is -0.00433. The van der Waals surface area contributed by atoms with Crippen LogP contribution in [0.2, 0.25) is 10.0 Å². The van der Waals surface area contributed by atoms with E-state index < -0.39 is 0 Å². The number of carbonyl (C=O) groups excluding carboxylic acids is 1. The third-order valence-corrected chi connectivity index (χ3v) is 7.03. The summed E-state index contributed by atoms with van der Waals surface area (Å²) < 4.78 is 0. The van der Waals surface area contributed by atoms with Gasteiger partial charge in [-0.2, -0.15) is 11.3 Å². The lowest BCUT2D eigenvalue weighted by atomic mass is 10.1. The van der Waals surface area contributed by atoms with Crippen LogP contribution in [0.1, 0.15) is 23.2 Å². The number of nitrogens with one attached hydrogen (secondary N) is 1. The van der Waals surface area contributed by atoms with Gasteiger partial charge in [0.2, 0.25) is 0 Å². The minimum absolute atomic E-state index is 0.00433. The summed E-state index contributed by atoms with van der Waals surface area (Å²) in [5.41, 5.74) is 4.10. The molecule has 1 aliphatic rings. The van der Waals surface area contributed by atoms with E-state index in [2.05, 4.69) is 31.9 Å². The summed E-state index contributed by atoms with van der Waals surface area (Å²) in [7, 11) is 0. The summed E-state index contributed by atoms with van der Waals surface area (Å²) in [6.45, 7) is 5.70. The Labute approximate surface area is 203 Å². The molecule has 0 radical (unpaired) electrons. The lowest BCUT2D eigenvalue weighted by molar-refractivity contribution is 0.0952. The van der Waals surface area contributed by atoms with Crippen molar-refractivity contribution in [1.29, 1.82) is 0 Å². The molecule has 1 aromatic heterocycles. The molecule has 0 bridgehead atoms. The van der Waals surface area contributed by atoms with E-state index in [1.54, 1.807) is 17.4 Å². The molecule has 32 heavy (non-hydrogen) atoms. The molecule has 4 rings (SSSR count). The molecule has 2 aromatic carbocycles. The van der Waals surface area contributed by atoms with Gasteiger partial charge in [0, 0.05) is 43.3 Å². The topological polar surface area (TPSA) is 35.6 Å². The number of piperazine rings is 1. The van der Waals surface area contributed by atoms with E-state index in [0.29, 0.717) is 22.2 Å². The van der Waals surface area contributed by atoms with Gasteiger partial charge in [-0.15, -0.1) is 0 Å². The number of anilines is 1. The van der Waals surface area contributed by atoms with Crippen LogP contribution in [0.25, 0.3) is 11.1 Å². The second-order valence-electron chi connectivity index (χ2n) is 7.98. The molecular weight excluding hydrogens is 461 g/mol. The number of rotatable bonds is 8. The van der Waals surface area contributed by atoms with E-state index in [0.717, 1.165) is 56.8 Å². The Morgan fingerprint density at radius 1 is 0.938 bits per heavy atom. The average Bonchev–Trinajstić information content (AvgIpc) is 3.34. The second kappa shape index (κ2) is 11.2. The first-order valence-electron chi connectivity index (χ1n) is 10.9. The van der Waals surface area contributed by atoms with Crippen molar-refractivity contribution >= 4 is 46.1 Å². The third-order valence-electron chi connectivity index (χ3n) is 5.81. The van der Waals surface area contributed by atoms with Gasteiger partial charge < -0.3 is 10.2 Å². The van der Waals surface area contributed by atoms with Crippen LogP contribution in [0.3, 0.4) is 0 Å². The maximum atomic E-state index is 12.4. The molecule has 4 nitrogen and oxygen atoms in total. The molecule has 1 aliphatic heterocycles. The van der Waals surface area contributed by atoms with Crippen LogP contribution in [-0.4, -0.2) is 50.1 Å². The number of carbonyl (C=O) groups is 1. The van der Waals surface area contributed by atoms with E-state index in [9.17, 15) is 4.79 Å². The Morgan fingerprint density at radius 2 is 1.72 bits per heavy atom. The molecule has 1 N–H and O–H groups in total. The zero-order chi connectivity index (χ0) is 22.3. The van der Waals surface area contributed by atoms with Crippen LogP contribution in [0, 0.1) is 0 Å². The summed E-state index contributed by atoms with van der Waals surface area (Å²) in [5, 5.41) is 8.59. The maximum Gasteiger partial charge on any atom is 0.251 e. The molecule has 0 unspecified atom stereocenters. The van der Waals surface area contributed by atoms with Gasteiger partial charge in [0.25, 0.3) is 5.91 Å². The molecule has 0 aliphatic carbocycles. The van der Waals surface area contributed by atoms with E-state index in [1.165, 1.54) is 5.56 Å². The van der Waals surface area contributed by atoms with E-state index in [-0.39, 0.29) is 5.91 Å². The molecule has 2 heterocycles. The Balaban J connectivity index is 1.13. The van der Waals surface area contributed by atoms with Gasteiger partial charge in [-0.05, 0) is 77.7 Å². The number of unbranched alkanes of at least 4 members (excludes halogenated alkanes) is 1. The van der Waals surface area contributed by atoms with Gasteiger partial charge in [0.1, 0.15) is 0 Å². The summed E-state index contributed by atoms with van der Waals surface area (Å²) in [6, 6.07) is 15.6. The number of benzene rings is 2. The van der Waals surface area contributed by atoms with Crippen LogP contribution in [0.5, 0.6) is 0 Å². The van der Waals surface area contributed by atoms with Gasteiger partial charge in [0.05, 0.1) is 10.7 Å². The number of nitrogens with zero attached hydrogens (tertiary/aromatic N) is 2. The summed E-state index contributed by atoms with van der Waals surface area (Å²) in [5.74, 6) is -0.00433. The SMILES string of the molecule is O=C(NCCCCN1CCN(c2ccc(Cl)cc2Cl)CC1)c1ccc(-c2ccsc2)cc1. The first kappa shape index (κ1) is 23.1. The zero-order valence-electron chi connectivity index (χ0n) is 17.9. The predicted octanol–water partition coefficient (Wildman–Crippen LogP) is 6.05. The first-order valence-corrected chi connectivity index (χ1v) is 12.6. The summed E-state index contributed by atoms with van der Waals surface area (Å²) in [4.78, 5) is 17.2. The molecule has 7 heteroatoms. The highest BCUT2D eigenvalue weighted by Gasteiger charge is 2.18. The first-order chi connectivity index (χ1) is 15.6. The van der Waals surface area contributed by atoms with E-state index in [4.69, 9.17) is 23.2 Å². The van der Waals surface area contributed by atoms with E-state index in [1.807, 2.05) is 36.4 Å². The average molecular weight is 488 g/mol. The smallest absolute Gasteiger partial charge is 0.251 e. The van der Waals surface area contributed by atoms with Gasteiger partial charge in [0.15, 0.2) is 0 Å². The lowest BCUT2D eigenvalue weighted by Gasteiger charge is -2.36. The van der Waals surface area contributed by atoms with Gasteiger partial charge in [-0.25, -0.2) is 0 Å². The largest absolute Gasteiger partial charge is 0.368 e. The predicted molar refractivity (Wildman–Crippen MR) is 136 cm³/mol. The zero-order valence-corrected chi connectivity index (χ0v) is 20.2. The fourth-order valence-electron chi connectivity index (χ4n) is 3.96. The lowest BCUT2D eigenvalue weighted by Crippen LogP contribution is -2.46. The van der Waals surface area contributed by atoms with Crippen molar-refractivity contribution in [3.8, 4) is 11.1 Å². The second-order valence-corrected chi connectivity index (χ2v) is 9.60. The molecule has 1 saturated heterocycles. The van der Waals surface area contributed by atoms with Crippen molar-refractivity contribution in [2.75, 3.05) is 44.2 Å². The van der Waals surface area contributed by atoms with Crippen molar-refractivity contribution in [3.05, 3.63) is 74.9 Å². The summed E-state index contributed by atoms with van der Waals surface area (Å²) in [6.07, 6.45) is 2.04. The van der Waals surface area contributed by atoms with Crippen LogP contribution >= 0.6 is 34.5 Å². The van der Waals surface area contributed by atoms with Crippen LogP contribution < -0.4 is 10.2 Å². The van der Waals surface area contributed by atoms with Crippen molar-refractivity contribution in [1.82, 2.24) is 10.2 Å². The van der Waals surface area contributed by atoms with Crippen molar-refractivity contribution in [3.63, 3.8) is 0 Å². The molecule has 3 aromatic rings. The number of thiophene rings is 1. The standard InChI is InChI=1S/C25H27Cl2N3OS/c26-22-7-8-24(23(27)17-22)30-14-12-29(13-15-30)11-2-1-10-28-25(31)20-5-3-19(4-6-20)21-9-16-32-18-21/h3-9,16-18H,1-2,10-15H2,(H,28,31). The van der Waals surface area contributed by atoms with Crippen molar-refractivity contribution in [2.45, 2.75) is 12.8 Å². The van der Waals surface area contributed by atoms with E-state index >= 15 is 0 Å². The molecule has 1 amide bonds. The normalized spacial score (nSPS) is 14.5. The van der Waals surface area contributed by atoms with Crippen molar-refractivity contribution < 1.29 is 4.79 Å². The number of amides is 1. The fourth-order valence-corrected chi connectivity index (χ4v) is 5.15. The molecule has 0 atom stereocenters. The van der Waals surface area contributed by atoms with Crippen LogP contribution in [0.4, 0.5) is 5.69 Å². The third kappa shape index (κ3) is 6.04. The maximum absolute atomic E-state index is 12.4. The highest BCUT2D eigenvalue weighted by atomic mass is 35.5. The van der Waals surface area contributed by atoms with Crippen LogP contribution in [0.15, 0.2) is 59.3 Å². The Morgan fingerprint density at radius 3 is 2.41 bits per heavy atom. The minimum Gasteiger partial charge on any atom is -0.368 e. The Bertz CT molecular complexity index is 1020. The molecule has 0 spiro atoms. The van der Waals surface area contributed by atoms with Crippen molar-refractivity contribution in [2.24, 2.45) is 0 Å². The van der Waals surface area contributed by atoms with Gasteiger partial charge >= 0.3 is 0 Å². The van der Waals surface area contributed by atoms with Crippen LogP contribution in [-0.2, 0) is 0 Å². The monoisotopic (exact) mass is 487 g/mol. The summed E-state index contributed by atoms with van der Waals surface area (Å²) >= 11 is 14.0. The molecule has 1 fully saturated rings. The highest BCUT2D eigenvalue weighted by Crippen LogP contribution is 2.29. The molecule has 168 valence electrons. The highest BCUT2D eigenvalue weighted by molar-refractivity contribution is 7.08. The quantitative estimate of drug-likeness (QED) is 0.392. The molecular formula is C25H27Cl2N3OS. The van der Waals surface area contributed by atoms with Gasteiger partial charge in [-0.1, -0.05) is 35.3 Å². The number of halogens is 2. The fraction of sp³-hybridized carbons (Fsp3) is 0.320. The Kier molecular flexibility index (Phi) is 8.09. The number of hydrogen-bond acceptors (Lipinski definition) is 4. The Hall–Kier alpha value is -2.05. The number of hydrogen-bond donors (Lipinski definition) is 1. The molecule has 0 saturated carbocycles. The van der Waals surface area contributed by atoms with Gasteiger partial charge in [-0.3, -0.25) is 9.69 Å².